The lowest BCUT2D eigenvalue weighted by molar-refractivity contribution is 0.253. The van der Waals surface area contributed by atoms with Gasteiger partial charge in [0.1, 0.15) is 14.2 Å². The van der Waals surface area contributed by atoms with E-state index in [4.69, 9.17) is 0 Å². The third-order valence-corrected chi connectivity index (χ3v) is 5.96. The Bertz CT molecular complexity index is 786. The van der Waals surface area contributed by atoms with Crippen LogP contribution in [-0.2, 0) is 10.0 Å². The van der Waals surface area contributed by atoms with Gasteiger partial charge in [0.05, 0.1) is 11.4 Å². The molecule has 4 nitrogen and oxygen atoms in total. The molecule has 0 aliphatic rings. The van der Waals surface area contributed by atoms with Gasteiger partial charge in [-0.15, -0.1) is 5.54 Å². The highest BCUT2D eigenvalue weighted by atomic mass is 32.2. The largest absolute Gasteiger partial charge is 0.381 e. The monoisotopic (exact) mass is 377 g/mol. The van der Waals surface area contributed by atoms with Crippen LogP contribution in [0.2, 0.25) is 19.6 Å². The molecule has 0 fully saturated rings. The summed E-state index contributed by atoms with van der Waals surface area (Å²) in [6.07, 6.45) is -0.362. The maximum Gasteiger partial charge on any atom is 0.243 e. The van der Waals surface area contributed by atoms with Crippen LogP contribution >= 0.6 is 0 Å². The number of rotatable bonds is 5. The third kappa shape index (κ3) is 7.90. The molecule has 0 radical (unpaired) electrons. The van der Waals surface area contributed by atoms with Gasteiger partial charge < -0.3 is 5.11 Å². The number of nitrogens with zero attached hydrogens (tertiary/aromatic N) is 1. The zero-order valence-electron chi connectivity index (χ0n) is 15.6. The van der Waals surface area contributed by atoms with Gasteiger partial charge in [-0.2, -0.15) is 4.31 Å². The number of sulfonamides is 1. The van der Waals surface area contributed by atoms with E-state index in [0.29, 0.717) is 6.42 Å². The first-order chi connectivity index (χ1) is 11.5. The van der Waals surface area contributed by atoms with Crippen molar-refractivity contribution in [1.82, 2.24) is 4.31 Å². The maximum atomic E-state index is 12.9. The minimum Gasteiger partial charge on any atom is -0.381 e. The molecule has 0 saturated carbocycles. The number of aliphatic hydroxyl groups excluding tert-OH is 1. The van der Waals surface area contributed by atoms with Crippen LogP contribution in [0.5, 0.6) is 0 Å². The van der Waals surface area contributed by atoms with Crippen LogP contribution in [-0.4, -0.2) is 45.1 Å². The topological polar surface area (TPSA) is 57.6 Å². The van der Waals surface area contributed by atoms with Crippen LogP contribution < -0.4 is 0 Å². The van der Waals surface area contributed by atoms with Gasteiger partial charge in [0.2, 0.25) is 10.0 Å². The number of benzene rings is 1. The Morgan fingerprint density at radius 2 is 1.76 bits per heavy atom. The second kappa shape index (κ2) is 9.21. The first kappa shape index (κ1) is 21.5. The minimum absolute atomic E-state index is 0.150. The summed E-state index contributed by atoms with van der Waals surface area (Å²) >= 11 is 0. The van der Waals surface area contributed by atoms with Gasteiger partial charge in [-0.05, 0) is 26.0 Å². The average Bonchev–Trinajstić information content (AvgIpc) is 2.48. The Balaban J connectivity index is 3.04. The molecule has 0 heterocycles. The average molecular weight is 378 g/mol. The molecule has 0 aromatic heterocycles. The zero-order valence-corrected chi connectivity index (χ0v) is 17.4. The van der Waals surface area contributed by atoms with Crippen LogP contribution in [0.25, 0.3) is 0 Å². The zero-order chi connectivity index (χ0) is 19.1. The molecular formula is C19H27NO3SSi. The molecule has 1 rings (SSSR count). The molecular weight excluding hydrogens is 350 g/mol. The third-order valence-electron chi connectivity index (χ3n) is 3.17. The van der Waals surface area contributed by atoms with Crippen molar-refractivity contribution in [2.24, 2.45) is 0 Å². The summed E-state index contributed by atoms with van der Waals surface area (Å²) in [7, 11) is -5.19. The van der Waals surface area contributed by atoms with Crippen LogP contribution in [0.1, 0.15) is 18.9 Å². The highest BCUT2D eigenvalue weighted by molar-refractivity contribution is 7.89. The predicted molar refractivity (Wildman–Crippen MR) is 105 cm³/mol. The van der Waals surface area contributed by atoms with E-state index in [1.54, 1.807) is 31.2 Å². The Labute approximate surface area is 153 Å². The summed E-state index contributed by atoms with van der Waals surface area (Å²) < 4.78 is 27.2. The Kier molecular flexibility index (Phi) is 7.91. The van der Waals surface area contributed by atoms with E-state index in [1.807, 2.05) is 6.92 Å². The summed E-state index contributed by atoms with van der Waals surface area (Å²) in [5.74, 6) is 8.47. The minimum atomic E-state index is -3.62. The van der Waals surface area contributed by atoms with E-state index in [0.717, 1.165) is 5.56 Å². The molecule has 0 spiro atoms. The van der Waals surface area contributed by atoms with Crippen molar-refractivity contribution < 1.29 is 13.5 Å². The molecule has 6 heteroatoms. The summed E-state index contributed by atoms with van der Waals surface area (Å²) in [4.78, 5) is 0.261. The fourth-order valence-electron chi connectivity index (χ4n) is 1.94. The van der Waals surface area contributed by atoms with E-state index >= 15 is 0 Å². The van der Waals surface area contributed by atoms with Crippen molar-refractivity contribution in [1.29, 1.82) is 0 Å². The van der Waals surface area contributed by atoms with E-state index in [1.165, 1.54) is 4.31 Å². The van der Waals surface area contributed by atoms with E-state index in [2.05, 4.69) is 42.9 Å². The molecule has 1 aromatic carbocycles. The second-order valence-electron chi connectivity index (χ2n) is 6.95. The first-order valence-electron chi connectivity index (χ1n) is 8.26. The van der Waals surface area contributed by atoms with E-state index in [-0.39, 0.29) is 18.0 Å². The van der Waals surface area contributed by atoms with Gasteiger partial charge >= 0.3 is 0 Å². The van der Waals surface area contributed by atoms with E-state index < -0.39 is 24.2 Å². The van der Waals surface area contributed by atoms with Crippen LogP contribution in [0, 0.1) is 30.2 Å². The number of hydrogen-bond donors (Lipinski definition) is 1. The molecule has 1 unspecified atom stereocenters. The highest BCUT2D eigenvalue weighted by Crippen LogP contribution is 2.16. The smallest absolute Gasteiger partial charge is 0.243 e. The molecule has 1 atom stereocenters. The lowest BCUT2D eigenvalue weighted by atomic mass is 10.2. The summed E-state index contributed by atoms with van der Waals surface area (Å²) in [6, 6.07) is 6.80. The number of aryl methyl sites for hydroxylation is 1. The highest BCUT2D eigenvalue weighted by Gasteiger charge is 2.23. The Hall–Kier alpha value is -1.57. The molecule has 0 aliphatic carbocycles. The second-order valence-corrected chi connectivity index (χ2v) is 13.6. The molecule has 0 amide bonds. The van der Waals surface area contributed by atoms with Crippen molar-refractivity contribution >= 4 is 18.1 Å². The first-order valence-corrected chi connectivity index (χ1v) is 13.2. The molecule has 136 valence electrons. The predicted octanol–water partition coefficient (Wildman–Crippen LogP) is 2.64. The summed E-state index contributed by atoms with van der Waals surface area (Å²) in [5.41, 5.74) is 4.21. The van der Waals surface area contributed by atoms with Crippen molar-refractivity contribution in [3.63, 3.8) is 0 Å². The van der Waals surface area contributed by atoms with Gasteiger partial charge in [-0.3, -0.25) is 0 Å². The number of hydrogen-bond acceptors (Lipinski definition) is 3. The molecule has 1 N–H and O–H groups in total. The molecule has 1 aromatic rings. The van der Waals surface area contributed by atoms with Gasteiger partial charge in [0.15, 0.2) is 0 Å². The van der Waals surface area contributed by atoms with Crippen LogP contribution in [0.15, 0.2) is 29.2 Å². The Morgan fingerprint density at radius 3 is 2.28 bits per heavy atom. The molecule has 0 bridgehead atoms. The van der Waals surface area contributed by atoms with Crippen molar-refractivity contribution in [3.8, 4) is 23.3 Å². The van der Waals surface area contributed by atoms with E-state index in [9.17, 15) is 13.5 Å². The molecule has 0 saturated heterocycles. The normalized spacial score (nSPS) is 12.8. The SMILES string of the molecule is Cc1ccc(S(=O)(=O)N(CC#C[Si](C)(C)C)CCC#CC(C)O)cc1. The fraction of sp³-hybridized carbons (Fsp3) is 0.474. The summed E-state index contributed by atoms with van der Waals surface area (Å²) in [6.45, 7) is 10.2. The molecule has 25 heavy (non-hydrogen) atoms. The van der Waals surface area contributed by atoms with Gasteiger partial charge in [-0.1, -0.05) is 55.1 Å². The Morgan fingerprint density at radius 1 is 1.16 bits per heavy atom. The van der Waals surface area contributed by atoms with Gasteiger partial charge in [-0.25, -0.2) is 8.42 Å². The standard InChI is InChI=1S/C19H27NO3SSi/c1-17-10-12-19(13-11-17)24(22,23)20(14-7-6-9-18(2)21)15-8-16-25(3,4)5/h10-13,18,21H,7,14-15H2,1-5H3. The van der Waals surface area contributed by atoms with Gasteiger partial charge in [0.25, 0.3) is 0 Å². The quantitative estimate of drug-likeness (QED) is 0.634. The van der Waals surface area contributed by atoms with Crippen molar-refractivity contribution in [2.45, 2.75) is 50.9 Å². The fourth-order valence-corrected chi connectivity index (χ4v) is 3.89. The summed E-state index contributed by atoms with van der Waals surface area (Å²) in [5, 5.41) is 9.19. The maximum absolute atomic E-state index is 12.9. The molecule has 0 aliphatic heterocycles. The lowest BCUT2D eigenvalue weighted by Gasteiger charge is -2.19. The van der Waals surface area contributed by atoms with Gasteiger partial charge in [0, 0.05) is 13.0 Å². The lowest BCUT2D eigenvalue weighted by Crippen LogP contribution is -2.32. The van der Waals surface area contributed by atoms with Crippen molar-refractivity contribution in [3.05, 3.63) is 29.8 Å². The van der Waals surface area contributed by atoms with Crippen LogP contribution in [0.4, 0.5) is 0 Å². The van der Waals surface area contributed by atoms with Crippen molar-refractivity contribution in [2.75, 3.05) is 13.1 Å². The van der Waals surface area contributed by atoms with Crippen LogP contribution in [0.3, 0.4) is 0 Å². The number of aliphatic hydroxyl groups is 1.